The number of carbonyl (C=O) groups is 1. The second-order valence-electron chi connectivity index (χ2n) is 7.10. The number of thioether (sulfide) groups is 1. The number of likely N-dealkylation sites (tertiary alicyclic amines) is 1. The molecule has 27 heavy (non-hydrogen) atoms. The fraction of sp³-hybridized carbons (Fsp3) is 0.409. The van der Waals surface area contributed by atoms with Gasteiger partial charge in [0.2, 0.25) is 5.91 Å². The maximum Gasteiger partial charge on any atom is 0.225 e. The van der Waals surface area contributed by atoms with Gasteiger partial charge in [-0.3, -0.25) is 4.79 Å². The number of anilines is 1. The zero-order valence-corrected chi connectivity index (χ0v) is 16.9. The fourth-order valence-corrected chi connectivity index (χ4v) is 3.88. The average Bonchev–Trinajstić information content (AvgIpc) is 2.67. The Hall–Kier alpha value is -1.98. The van der Waals surface area contributed by atoms with Gasteiger partial charge in [0, 0.05) is 35.8 Å². The molecular weight excluding hydrogens is 356 g/mol. The van der Waals surface area contributed by atoms with E-state index in [2.05, 4.69) is 48.5 Å². The Labute approximate surface area is 166 Å². The molecule has 1 aliphatic rings. The Bertz CT molecular complexity index is 723. The molecule has 0 bridgehead atoms. The molecule has 1 amide bonds. The molecule has 0 unspecified atom stereocenters. The Kier molecular flexibility index (Phi) is 7.18. The molecule has 5 heteroatoms. The molecule has 2 aromatic carbocycles. The number of ether oxygens (including phenoxy) is 1. The van der Waals surface area contributed by atoms with E-state index in [1.807, 2.05) is 24.3 Å². The highest BCUT2D eigenvalue weighted by Crippen LogP contribution is 2.22. The van der Waals surface area contributed by atoms with Gasteiger partial charge in [0.05, 0.1) is 0 Å². The van der Waals surface area contributed by atoms with Crippen LogP contribution >= 0.6 is 11.8 Å². The van der Waals surface area contributed by atoms with Crippen LogP contribution in [0.3, 0.4) is 0 Å². The van der Waals surface area contributed by atoms with Crippen molar-refractivity contribution in [3.63, 3.8) is 0 Å². The summed E-state index contributed by atoms with van der Waals surface area (Å²) in [6.45, 7) is 4.24. The Morgan fingerprint density at radius 2 is 1.78 bits per heavy atom. The van der Waals surface area contributed by atoms with Gasteiger partial charge in [0.1, 0.15) is 11.9 Å². The number of hydrogen-bond acceptors (Lipinski definition) is 4. The number of nitrogens with zero attached hydrogens (tertiary/aromatic N) is 1. The highest BCUT2D eigenvalue weighted by atomic mass is 32.2. The van der Waals surface area contributed by atoms with Crippen molar-refractivity contribution in [2.24, 2.45) is 0 Å². The fourth-order valence-electron chi connectivity index (χ4n) is 3.03. The molecule has 0 radical (unpaired) electrons. The summed E-state index contributed by atoms with van der Waals surface area (Å²) in [6, 6.07) is 16.1. The molecule has 1 fully saturated rings. The van der Waals surface area contributed by atoms with Crippen molar-refractivity contribution < 1.29 is 9.53 Å². The maximum atomic E-state index is 12.1. The van der Waals surface area contributed by atoms with E-state index in [0.717, 1.165) is 43.1 Å². The van der Waals surface area contributed by atoms with Gasteiger partial charge in [-0.15, -0.1) is 11.8 Å². The van der Waals surface area contributed by atoms with E-state index in [-0.39, 0.29) is 5.91 Å². The summed E-state index contributed by atoms with van der Waals surface area (Å²) in [7, 11) is 2.15. The second kappa shape index (κ2) is 9.81. The number of amides is 1. The van der Waals surface area contributed by atoms with Crippen LogP contribution in [0, 0.1) is 6.92 Å². The van der Waals surface area contributed by atoms with Crippen LogP contribution in [-0.4, -0.2) is 42.8 Å². The first kappa shape index (κ1) is 19.8. The molecular formula is C22H28N2O2S. The van der Waals surface area contributed by atoms with E-state index in [4.69, 9.17) is 4.74 Å². The minimum atomic E-state index is 0.0404. The van der Waals surface area contributed by atoms with Crippen LogP contribution in [0.25, 0.3) is 0 Å². The quantitative estimate of drug-likeness (QED) is 0.709. The summed E-state index contributed by atoms with van der Waals surface area (Å²) >= 11 is 1.71. The van der Waals surface area contributed by atoms with Crippen molar-refractivity contribution in [2.45, 2.75) is 37.2 Å². The molecule has 0 spiro atoms. The van der Waals surface area contributed by atoms with Gasteiger partial charge in [-0.2, -0.15) is 0 Å². The first-order valence-electron chi connectivity index (χ1n) is 9.53. The monoisotopic (exact) mass is 384 g/mol. The van der Waals surface area contributed by atoms with E-state index in [0.29, 0.717) is 12.5 Å². The van der Waals surface area contributed by atoms with Gasteiger partial charge in [-0.1, -0.05) is 17.7 Å². The number of rotatable bonds is 7. The van der Waals surface area contributed by atoms with Gasteiger partial charge in [-0.05, 0) is 63.2 Å². The summed E-state index contributed by atoms with van der Waals surface area (Å²) < 4.78 is 6.04. The number of hydrogen-bond donors (Lipinski definition) is 1. The molecule has 1 N–H and O–H groups in total. The van der Waals surface area contributed by atoms with Gasteiger partial charge < -0.3 is 15.0 Å². The van der Waals surface area contributed by atoms with Crippen molar-refractivity contribution in [3.8, 4) is 5.75 Å². The smallest absolute Gasteiger partial charge is 0.225 e. The molecule has 3 rings (SSSR count). The van der Waals surface area contributed by atoms with E-state index in [9.17, 15) is 4.79 Å². The molecule has 0 aliphatic carbocycles. The summed E-state index contributed by atoms with van der Waals surface area (Å²) in [5.74, 6) is 1.68. The summed E-state index contributed by atoms with van der Waals surface area (Å²) in [6.07, 6.45) is 2.91. The Morgan fingerprint density at radius 1 is 1.11 bits per heavy atom. The van der Waals surface area contributed by atoms with Crippen LogP contribution in [0.5, 0.6) is 5.75 Å². The largest absolute Gasteiger partial charge is 0.490 e. The number of carbonyl (C=O) groups excluding carboxylic acids is 1. The highest BCUT2D eigenvalue weighted by Gasteiger charge is 2.17. The van der Waals surface area contributed by atoms with Crippen molar-refractivity contribution in [1.29, 1.82) is 0 Å². The molecule has 2 aromatic rings. The zero-order chi connectivity index (χ0) is 19.1. The molecule has 0 saturated carbocycles. The lowest BCUT2D eigenvalue weighted by Crippen LogP contribution is -2.35. The van der Waals surface area contributed by atoms with Crippen molar-refractivity contribution in [1.82, 2.24) is 4.90 Å². The SMILES string of the molecule is Cc1ccc(SCCC(=O)Nc2ccc(OC3CCN(C)CC3)cc2)cc1. The van der Waals surface area contributed by atoms with Crippen molar-refractivity contribution >= 4 is 23.4 Å². The minimum Gasteiger partial charge on any atom is -0.490 e. The Morgan fingerprint density at radius 3 is 2.44 bits per heavy atom. The summed E-state index contributed by atoms with van der Waals surface area (Å²) in [4.78, 5) is 15.7. The standard InChI is InChI=1S/C22H28N2O2S/c1-17-3-9-21(10-4-17)27-16-13-22(25)23-18-5-7-19(8-6-18)26-20-11-14-24(2)15-12-20/h3-10,20H,11-16H2,1-2H3,(H,23,25). The lowest BCUT2D eigenvalue weighted by atomic mass is 10.1. The van der Waals surface area contributed by atoms with E-state index < -0.39 is 0 Å². The lowest BCUT2D eigenvalue weighted by molar-refractivity contribution is -0.115. The van der Waals surface area contributed by atoms with Gasteiger partial charge >= 0.3 is 0 Å². The van der Waals surface area contributed by atoms with Crippen LogP contribution < -0.4 is 10.1 Å². The minimum absolute atomic E-state index is 0.0404. The molecule has 4 nitrogen and oxygen atoms in total. The van der Waals surface area contributed by atoms with Crippen LogP contribution in [0.4, 0.5) is 5.69 Å². The maximum absolute atomic E-state index is 12.1. The first-order valence-corrected chi connectivity index (χ1v) is 10.5. The zero-order valence-electron chi connectivity index (χ0n) is 16.1. The van der Waals surface area contributed by atoms with Gasteiger partial charge in [0.25, 0.3) is 0 Å². The molecule has 1 saturated heterocycles. The van der Waals surface area contributed by atoms with Crippen molar-refractivity contribution in [2.75, 3.05) is 31.2 Å². The molecule has 0 aromatic heterocycles. The summed E-state index contributed by atoms with van der Waals surface area (Å²) in [5, 5.41) is 2.96. The predicted molar refractivity (Wildman–Crippen MR) is 113 cm³/mol. The topological polar surface area (TPSA) is 41.6 Å². The third-order valence-electron chi connectivity index (χ3n) is 4.73. The molecule has 144 valence electrons. The van der Waals surface area contributed by atoms with Gasteiger partial charge in [-0.25, -0.2) is 0 Å². The van der Waals surface area contributed by atoms with E-state index in [1.165, 1.54) is 10.5 Å². The van der Waals surface area contributed by atoms with Crippen LogP contribution in [0.2, 0.25) is 0 Å². The third-order valence-corrected chi connectivity index (χ3v) is 5.74. The molecule has 0 atom stereocenters. The first-order chi connectivity index (χ1) is 13.1. The second-order valence-corrected chi connectivity index (χ2v) is 8.27. The molecule has 1 heterocycles. The van der Waals surface area contributed by atoms with E-state index in [1.54, 1.807) is 11.8 Å². The van der Waals surface area contributed by atoms with Crippen LogP contribution in [0.15, 0.2) is 53.4 Å². The van der Waals surface area contributed by atoms with Crippen molar-refractivity contribution in [3.05, 3.63) is 54.1 Å². The number of piperidine rings is 1. The predicted octanol–water partition coefficient (Wildman–Crippen LogP) is 4.59. The number of aryl methyl sites for hydroxylation is 1. The third kappa shape index (κ3) is 6.60. The normalized spacial score (nSPS) is 15.5. The van der Waals surface area contributed by atoms with E-state index >= 15 is 0 Å². The highest BCUT2D eigenvalue weighted by molar-refractivity contribution is 7.99. The number of nitrogens with one attached hydrogen (secondary N) is 1. The lowest BCUT2D eigenvalue weighted by Gasteiger charge is -2.29. The molecule has 1 aliphatic heterocycles. The van der Waals surface area contributed by atoms with Crippen LogP contribution in [-0.2, 0) is 4.79 Å². The van der Waals surface area contributed by atoms with Gasteiger partial charge in [0.15, 0.2) is 0 Å². The summed E-state index contributed by atoms with van der Waals surface area (Å²) in [5.41, 5.74) is 2.07. The average molecular weight is 385 g/mol. The van der Waals surface area contributed by atoms with Crippen LogP contribution in [0.1, 0.15) is 24.8 Å². The number of benzene rings is 2. The Balaban J connectivity index is 1.39.